The van der Waals surface area contributed by atoms with Gasteiger partial charge in [-0.3, -0.25) is 4.79 Å². The molecule has 3 rings (SSSR count). The maximum atomic E-state index is 12.8. The molecule has 0 aliphatic heterocycles. The first-order valence-electron chi connectivity index (χ1n) is 8.50. The van der Waals surface area contributed by atoms with Crippen LogP contribution in [-0.4, -0.2) is 17.5 Å². The lowest BCUT2D eigenvalue weighted by molar-refractivity contribution is -0.664. The van der Waals surface area contributed by atoms with E-state index in [-0.39, 0.29) is 11.3 Å². The summed E-state index contributed by atoms with van der Waals surface area (Å²) in [6, 6.07) is 15.5. The fourth-order valence-corrected chi connectivity index (χ4v) is 3.41. The summed E-state index contributed by atoms with van der Waals surface area (Å²) in [5.41, 5.74) is 2.87. The van der Waals surface area contributed by atoms with Crippen molar-refractivity contribution in [3.05, 3.63) is 59.9 Å². The molecule has 0 saturated carbocycles. The Morgan fingerprint density at radius 1 is 1.08 bits per heavy atom. The van der Waals surface area contributed by atoms with E-state index in [9.17, 15) is 4.79 Å². The van der Waals surface area contributed by atoms with Crippen LogP contribution in [0.3, 0.4) is 0 Å². The summed E-state index contributed by atoms with van der Waals surface area (Å²) in [6.07, 6.45) is 0. The van der Waals surface area contributed by atoms with Gasteiger partial charge in [-0.25, -0.2) is 9.13 Å². The first kappa shape index (κ1) is 17.2. The largest absolute Gasteiger partial charge is 0.497 e. The summed E-state index contributed by atoms with van der Waals surface area (Å²) >= 11 is 0. The number of carbonyl (C=O) groups is 1. The molecule has 0 bridgehead atoms. The van der Waals surface area contributed by atoms with Crippen LogP contribution in [0, 0.1) is 6.92 Å². The molecular weight excluding hydrogens is 312 g/mol. The van der Waals surface area contributed by atoms with E-state index in [4.69, 9.17) is 4.74 Å². The van der Waals surface area contributed by atoms with Gasteiger partial charge in [-0.2, -0.15) is 0 Å². The van der Waals surface area contributed by atoms with Gasteiger partial charge in [-0.05, 0) is 57.2 Å². The van der Waals surface area contributed by atoms with Crippen molar-refractivity contribution < 1.29 is 14.1 Å². The SMILES string of the molecule is COc1ccc(C(=O)C[n+]2c(C)n(C(C)(C)C)c3ccccc32)cc1. The van der Waals surface area contributed by atoms with E-state index in [2.05, 4.69) is 49.0 Å². The second-order valence-corrected chi connectivity index (χ2v) is 7.28. The highest BCUT2D eigenvalue weighted by Gasteiger charge is 2.30. The monoisotopic (exact) mass is 337 g/mol. The van der Waals surface area contributed by atoms with Crippen molar-refractivity contribution in [1.82, 2.24) is 4.57 Å². The van der Waals surface area contributed by atoms with Crippen molar-refractivity contribution in [3.8, 4) is 5.75 Å². The van der Waals surface area contributed by atoms with Gasteiger partial charge in [0.05, 0.1) is 7.11 Å². The summed E-state index contributed by atoms with van der Waals surface area (Å²) in [6.45, 7) is 8.94. The highest BCUT2D eigenvalue weighted by molar-refractivity contribution is 5.95. The van der Waals surface area contributed by atoms with Crippen LogP contribution in [0.25, 0.3) is 11.0 Å². The Bertz CT molecular complexity index is 915. The molecule has 130 valence electrons. The average Bonchev–Trinajstić information content (AvgIpc) is 2.87. The molecule has 25 heavy (non-hydrogen) atoms. The normalized spacial score (nSPS) is 11.7. The molecule has 0 aliphatic carbocycles. The predicted octanol–water partition coefficient (Wildman–Crippen LogP) is 3.88. The fraction of sp³-hybridized carbons (Fsp3) is 0.333. The Labute approximate surface area is 148 Å². The lowest BCUT2D eigenvalue weighted by Crippen LogP contribution is -2.41. The molecule has 3 aromatic rings. The molecule has 1 aromatic heterocycles. The lowest BCUT2D eigenvalue weighted by Gasteiger charge is -2.17. The zero-order chi connectivity index (χ0) is 18.2. The fourth-order valence-electron chi connectivity index (χ4n) is 3.41. The van der Waals surface area contributed by atoms with Crippen LogP contribution < -0.4 is 9.30 Å². The molecule has 2 aromatic carbocycles. The van der Waals surface area contributed by atoms with E-state index in [1.54, 1.807) is 7.11 Å². The Morgan fingerprint density at radius 2 is 1.72 bits per heavy atom. The van der Waals surface area contributed by atoms with Crippen molar-refractivity contribution in [2.24, 2.45) is 0 Å². The third-order valence-corrected chi connectivity index (χ3v) is 4.51. The van der Waals surface area contributed by atoms with Gasteiger partial charge in [-0.15, -0.1) is 0 Å². The number of imidazole rings is 1. The van der Waals surface area contributed by atoms with Gasteiger partial charge < -0.3 is 4.74 Å². The maximum absolute atomic E-state index is 12.8. The first-order valence-corrected chi connectivity index (χ1v) is 8.50. The van der Waals surface area contributed by atoms with Crippen LogP contribution in [-0.2, 0) is 12.1 Å². The number of hydrogen-bond donors (Lipinski definition) is 0. The number of fused-ring (bicyclic) bond motifs is 1. The molecule has 0 atom stereocenters. The third-order valence-electron chi connectivity index (χ3n) is 4.51. The summed E-state index contributed by atoms with van der Waals surface area (Å²) in [7, 11) is 1.62. The molecule has 0 amide bonds. The molecule has 4 heteroatoms. The van der Waals surface area contributed by atoms with Gasteiger partial charge in [0.15, 0.2) is 17.6 Å². The molecule has 0 spiro atoms. The quantitative estimate of drug-likeness (QED) is 0.535. The number of para-hydroxylation sites is 2. The standard InChI is InChI=1S/C21H25N2O2/c1-15-22(14-20(24)16-10-12-17(25-5)13-11-16)18-8-6-7-9-19(18)23(15)21(2,3)4/h6-13H,14H2,1-5H3/q+1. The smallest absolute Gasteiger partial charge is 0.255 e. The molecule has 0 saturated heterocycles. The summed E-state index contributed by atoms with van der Waals surface area (Å²) in [4.78, 5) is 12.8. The van der Waals surface area contributed by atoms with Gasteiger partial charge in [0.1, 0.15) is 11.3 Å². The number of benzene rings is 2. The molecule has 0 aliphatic rings. The molecular formula is C21H25N2O2+. The Morgan fingerprint density at radius 3 is 2.32 bits per heavy atom. The van der Waals surface area contributed by atoms with Crippen LogP contribution >= 0.6 is 0 Å². The number of Topliss-reactive ketones (excluding diaryl/α,β-unsaturated/α-hetero) is 1. The van der Waals surface area contributed by atoms with Crippen LogP contribution in [0.4, 0.5) is 0 Å². The minimum absolute atomic E-state index is 0.0574. The van der Waals surface area contributed by atoms with Crippen LogP contribution in [0.2, 0.25) is 0 Å². The van der Waals surface area contributed by atoms with Crippen molar-refractivity contribution in [2.75, 3.05) is 7.11 Å². The predicted molar refractivity (Wildman–Crippen MR) is 99.2 cm³/mol. The van der Waals surface area contributed by atoms with Gasteiger partial charge in [-0.1, -0.05) is 12.1 Å². The summed E-state index contributed by atoms with van der Waals surface area (Å²) in [5, 5.41) is 0. The highest BCUT2D eigenvalue weighted by atomic mass is 16.5. The molecule has 0 radical (unpaired) electrons. The maximum Gasteiger partial charge on any atom is 0.255 e. The molecule has 0 N–H and O–H groups in total. The Kier molecular flexibility index (Phi) is 4.38. The summed E-state index contributed by atoms with van der Waals surface area (Å²) in [5.74, 6) is 1.92. The second-order valence-electron chi connectivity index (χ2n) is 7.28. The number of methoxy groups -OCH3 is 1. The van der Waals surface area contributed by atoms with Gasteiger partial charge >= 0.3 is 0 Å². The Balaban J connectivity index is 2.04. The van der Waals surface area contributed by atoms with E-state index in [0.29, 0.717) is 12.1 Å². The average molecular weight is 337 g/mol. The number of carbonyl (C=O) groups excluding carboxylic acids is 1. The van der Waals surface area contributed by atoms with Crippen LogP contribution in [0.15, 0.2) is 48.5 Å². The zero-order valence-electron chi connectivity index (χ0n) is 15.5. The van der Waals surface area contributed by atoms with Crippen molar-refractivity contribution in [3.63, 3.8) is 0 Å². The topological polar surface area (TPSA) is 35.1 Å². The number of ether oxygens (including phenoxy) is 1. The van der Waals surface area contributed by atoms with Gasteiger partial charge in [0, 0.05) is 12.5 Å². The number of aromatic nitrogens is 2. The van der Waals surface area contributed by atoms with E-state index < -0.39 is 0 Å². The van der Waals surface area contributed by atoms with Crippen molar-refractivity contribution >= 4 is 16.8 Å². The van der Waals surface area contributed by atoms with E-state index in [0.717, 1.165) is 22.6 Å². The molecule has 0 fully saturated rings. The van der Waals surface area contributed by atoms with Crippen LogP contribution in [0.5, 0.6) is 5.75 Å². The van der Waals surface area contributed by atoms with E-state index in [1.807, 2.05) is 36.4 Å². The number of hydrogen-bond acceptors (Lipinski definition) is 2. The number of ketones is 1. The van der Waals surface area contributed by atoms with Crippen LogP contribution in [0.1, 0.15) is 37.0 Å². The third kappa shape index (κ3) is 3.16. The van der Waals surface area contributed by atoms with Gasteiger partial charge in [0.2, 0.25) is 5.78 Å². The van der Waals surface area contributed by atoms with Crippen molar-refractivity contribution in [2.45, 2.75) is 39.8 Å². The lowest BCUT2D eigenvalue weighted by atomic mass is 10.1. The summed E-state index contributed by atoms with van der Waals surface area (Å²) < 4.78 is 9.56. The minimum Gasteiger partial charge on any atom is -0.497 e. The van der Waals surface area contributed by atoms with Crippen molar-refractivity contribution in [1.29, 1.82) is 0 Å². The van der Waals surface area contributed by atoms with Gasteiger partial charge in [0.25, 0.3) is 5.82 Å². The Hall–Kier alpha value is -2.62. The molecule has 4 nitrogen and oxygen atoms in total. The first-order chi connectivity index (χ1) is 11.8. The molecule has 0 unspecified atom stereocenters. The van der Waals surface area contributed by atoms with E-state index >= 15 is 0 Å². The highest BCUT2D eigenvalue weighted by Crippen LogP contribution is 2.23. The number of nitrogens with zero attached hydrogens (tertiary/aromatic N) is 2. The second kappa shape index (κ2) is 6.36. The number of rotatable bonds is 4. The zero-order valence-corrected chi connectivity index (χ0v) is 15.5. The van der Waals surface area contributed by atoms with E-state index in [1.165, 1.54) is 0 Å². The molecule has 1 heterocycles. The minimum atomic E-state index is -0.0574.